The van der Waals surface area contributed by atoms with E-state index in [-0.39, 0.29) is 5.54 Å². The van der Waals surface area contributed by atoms with Crippen LogP contribution in [0.3, 0.4) is 0 Å². The van der Waals surface area contributed by atoms with E-state index in [9.17, 15) is 0 Å². The number of rotatable bonds is 4. The summed E-state index contributed by atoms with van der Waals surface area (Å²) < 4.78 is 5.50. The quantitative estimate of drug-likeness (QED) is 0.792. The second-order valence-electron chi connectivity index (χ2n) is 4.71. The van der Waals surface area contributed by atoms with Gasteiger partial charge in [-0.2, -0.15) is 0 Å². The SMILES string of the molecule is Cc1ccc(CNCC2(C)CCCN2)o1. The summed E-state index contributed by atoms with van der Waals surface area (Å²) in [6.45, 7) is 7.24. The average molecular weight is 208 g/mol. The largest absolute Gasteiger partial charge is 0.465 e. The van der Waals surface area contributed by atoms with E-state index >= 15 is 0 Å². The second-order valence-corrected chi connectivity index (χ2v) is 4.71. The van der Waals surface area contributed by atoms with Gasteiger partial charge in [0.15, 0.2) is 0 Å². The third-order valence-corrected chi connectivity index (χ3v) is 3.07. The molecular formula is C12H20N2O. The van der Waals surface area contributed by atoms with Crippen molar-refractivity contribution in [2.45, 2.75) is 38.8 Å². The van der Waals surface area contributed by atoms with Crippen molar-refractivity contribution in [2.75, 3.05) is 13.1 Å². The Balaban J connectivity index is 1.75. The highest BCUT2D eigenvalue weighted by Crippen LogP contribution is 2.17. The van der Waals surface area contributed by atoms with Crippen molar-refractivity contribution < 1.29 is 4.42 Å². The zero-order chi connectivity index (χ0) is 10.7. The highest BCUT2D eigenvalue weighted by molar-refractivity contribution is 5.05. The molecule has 0 aliphatic carbocycles. The number of furan rings is 1. The molecule has 0 saturated carbocycles. The van der Waals surface area contributed by atoms with E-state index < -0.39 is 0 Å². The first-order chi connectivity index (χ1) is 7.18. The molecule has 3 heteroatoms. The molecular weight excluding hydrogens is 188 g/mol. The fraction of sp³-hybridized carbons (Fsp3) is 0.667. The van der Waals surface area contributed by atoms with E-state index in [1.165, 1.54) is 12.8 Å². The van der Waals surface area contributed by atoms with Crippen molar-refractivity contribution in [2.24, 2.45) is 0 Å². The average Bonchev–Trinajstić information content (AvgIpc) is 2.76. The van der Waals surface area contributed by atoms with Gasteiger partial charge in [-0.15, -0.1) is 0 Å². The summed E-state index contributed by atoms with van der Waals surface area (Å²) in [7, 11) is 0. The second kappa shape index (κ2) is 4.37. The van der Waals surface area contributed by atoms with Gasteiger partial charge in [-0.25, -0.2) is 0 Å². The Morgan fingerprint density at radius 1 is 1.53 bits per heavy atom. The van der Waals surface area contributed by atoms with Crippen LogP contribution in [0.4, 0.5) is 0 Å². The normalized spacial score (nSPS) is 26.0. The van der Waals surface area contributed by atoms with Gasteiger partial charge in [-0.3, -0.25) is 0 Å². The van der Waals surface area contributed by atoms with Crippen LogP contribution in [-0.2, 0) is 6.54 Å². The van der Waals surface area contributed by atoms with Gasteiger partial charge in [0.05, 0.1) is 6.54 Å². The van der Waals surface area contributed by atoms with E-state index in [0.717, 1.165) is 31.2 Å². The molecule has 3 nitrogen and oxygen atoms in total. The lowest BCUT2D eigenvalue weighted by atomic mass is 10.0. The van der Waals surface area contributed by atoms with Crippen molar-refractivity contribution in [3.05, 3.63) is 23.7 Å². The number of hydrogen-bond acceptors (Lipinski definition) is 3. The lowest BCUT2D eigenvalue weighted by Crippen LogP contribution is -2.45. The van der Waals surface area contributed by atoms with Crippen molar-refractivity contribution >= 4 is 0 Å². The van der Waals surface area contributed by atoms with Crippen LogP contribution in [0.2, 0.25) is 0 Å². The Morgan fingerprint density at radius 2 is 2.40 bits per heavy atom. The minimum atomic E-state index is 0.279. The maximum Gasteiger partial charge on any atom is 0.117 e. The molecule has 84 valence electrons. The summed E-state index contributed by atoms with van der Waals surface area (Å²) in [5, 5.41) is 6.97. The van der Waals surface area contributed by atoms with Crippen LogP contribution >= 0.6 is 0 Å². The topological polar surface area (TPSA) is 37.2 Å². The summed E-state index contributed by atoms with van der Waals surface area (Å²) in [5.74, 6) is 2.01. The van der Waals surface area contributed by atoms with Crippen molar-refractivity contribution in [1.29, 1.82) is 0 Å². The lowest BCUT2D eigenvalue weighted by Gasteiger charge is -2.24. The lowest BCUT2D eigenvalue weighted by molar-refractivity contribution is 0.371. The summed E-state index contributed by atoms with van der Waals surface area (Å²) in [6, 6.07) is 4.04. The fourth-order valence-corrected chi connectivity index (χ4v) is 2.15. The first kappa shape index (κ1) is 10.7. The molecule has 1 saturated heterocycles. The van der Waals surface area contributed by atoms with E-state index in [0.29, 0.717) is 0 Å². The molecule has 1 atom stereocenters. The predicted molar refractivity (Wildman–Crippen MR) is 60.8 cm³/mol. The van der Waals surface area contributed by atoms with Gasteiger partial charge < -0.3 is 15.1 Å². The summed E-state index contributed by atoms with van der Waals surface area (Å²) in [5.41, 5.74) is 0.279. The zero-order valence-electron chi connectivity index (χ0n) is 9.60. The number of hydrogen-bond donors (Lipinski definition) is 2. The summed E-state index contributed by atoms with van der Waals surface area (Å²) >= 11 is 0. The van der Waals surface area contributed by atoms with E-state index in [1.807, 2.05) is 19.1 Å². The minimum absolute atomic E-state index is 0.279. The number of nitrogens with one attached hydrogen (secondary N) is 2. The van der Waals surface area contributed by atoms with Crippen LogP contribution in [0.15, 0.2) is 16.5 Å². The molecule has 2 heterocycles. The van der Waals surface area contributed by atoms with Crippen molar-refractivity contribution in [3.8, 4) is 0 Å². The highest BCUT2D eigenvalue weighted by Gasteiger charge is 2.27. The third kappa shape index (κ3) is 2.83. The Bertz CT molecular complexity index is 313. The zero-order valence-corrected chi connectivity index (χ0v) is 9.60. The van der Waals surface area contributed by atoms with Gasteiger partial charge in [-0.1, -0.05) is 0 Å². The minimum Gasteiger partial charge on any atom is -0.465 e. The molecule has 2 rings (SSSR count). The summed E-state index contributed by atoms with van der Waals surface area (Å²) in [4.78, 5) is 0. The maximum atomic E-state index is 5.50. The van der Waals surface area contributed by atoms with Crippen LogP contribution in [0.5, 0.6) is 0 Å². The van der Waals surface area contributed by atoms with Gasteiger partial charge in [0.2, 0.25) is 0 Å². The fourth-order valence-electron chi connectivity index (χ4n) is 2.15. The molecule has 1 fully saturated rings. The summed E-state index contributed by atoms with van der Waals surface area (Å²) in [6.07, 6.45) is 2.55. The van der Waals surface area contributed by atoms with Crippen LogP contribution in [0.25, 0.3) is 0 Å². The first-order valence-electron chi connectivity index (χ1n) is 5.69. The maximum absolute atomic E-state index is 5.50. The van der Waals surface area contributed by atoms with Crippen molar-refractivity contribution in [3.63, 3.8) is 0 Å². The van der Waals surface area contributed by atoms with Crippen LogP contribution in [0, 0.1) is 6.92 Å². The van der Waals surface area contributed by atoms with Crippen LogP contribution in [0.1, 0.15) is 31.3 Å². The molecule has 1 aliphatic heterocycles. The van der Waals surface area contributed by atoms with Crippen LogP contribution in [-0.4, -0.2) is 18.6 Å². The number of aryl methyl sites for hydroxylation is 1. The monoisotopic (exact) mass is 208 g/mol. The molecule has 15 heavy (non-hydrogen) atoms. The van der Waals surface area contributed by atoms with E-state index in [1.54, 1.807) is 0 Å². The molecule has 0 radical (unpaired) electrons. The van der Waals surface area contributed by atoms with E-state index in [4.69, 9.17) is 4.42 Å². The molecule has 1 aromatic heterocycles. The first-order valence-corrected chi connectivity index (χ1v) is 5.69. The van der Waals surface area contributed by atoms with Gasteiger partial charge >= 0.3 is 0 Å². The molecule has 1 aromatic rings. The molecule has 1 unspecified atom stereocenters. The molecule has 0 bridgehead atoms. The standard InChI is InChI=1S/C12H20N2O/c1-10-4-5-11(15-10)8-13-9-12(2)6-3-7-14-12/h4-5,13-14H,3,6-9H2,1-2H3. The Hall–Kier alpha value is -0.800. The predicted octanol–water partition coefficient (Wildman–Crippen LogP) is 1.82. The molecule has 2 N–H and O–H groups in total. The van der Waals surface area contributed by atoms with Gasteiger partial charge in [0.1, 0.15) is 11.5 Å². The Kier molecular flexibility index (Phi) is 3.12. The van der Waals surface area contributed by atoms with Gasteiger partial charge in [-0.05, 0) is 45.4 Å². The van der Waals surface area contributed by atoms with Crippen molar-refractivity contribution in [1.82, 2.24) is 10.6 Å². The third-order valence-electron chi connectivity index (χ3n) is 3.07. The smallest absolute Gasteiger partial charge is 0.117 e. The van der Waals surface area contributed by atoms with Gasteiger partial charge in [0, 0.05) is 12.1 Å². The Labute approximate surface area is 91.2 Å². The highest BCUT2D eigenvalue weighted by atomic mass is 16.3. The molecule has 0 aromatic carbocycles. The van der Waals surface area contributed by atoms with Crippen LogP contribution < -0.4 is 10.6 Å². The molecule has 1 aliphatic rings. The Morgan fingerprint density at radius 3 is 3.00 bits per heavy atom. The van der Waals surface area contributed by atoms with E-state index in [2.05, 4.69) is 17.6 Å². The molecule has 0 amide bonds. The van der Waals surface area contributed by atoms with Gasteiger partial charge in [0.25, 0.3) is 0 Å². The molecule has 0 spiro atoms.